The van der Waals surface area contributed by atoms with Crippen molar-refractivity contribution in [3.8, 4) is 11.5 Å². The van der Waals surface area contributed by atoms with E-state index in [4.69, 9.17) is 27.9 Å². The van der Waals surface area contributed by atoms with Gasteiger partial charge in [0.05, 0.1) is 17.1 Å². The number of amides is 1. The molecule has 33 heavy (non-hydrogen) atoms. The summed E-state index contributed by atoms with van der Waals surface area (Å²) in [6.45, 7) is 16.8. The minimum absolute atomic E-state index is 0.0706. The molecule has 0 aliphatic heterocycles. The van der Waals surface area contributed by atoms with Crippen LogP contribution in [0.25, 0.3) is 0 Å². The smallest absolute Gasteiger partial charge is 0.228 e. The Morgan fingerprint density at radius 1 is 1.09 bits per heavy atom. The lowest BCUT2D eigenvalue weighted by Crippen LogP contribution is -2.25. The number of hydrogen-bond acceptors (Lipinski definition) is 3. The summed E-state index contributed by atoms with van der Waals surface area (Å²) >= 11 is 12.2. The van der Waals surface area contributed by atoms with Crippen molar-refractivity contribution in [2.24, 2.45) is 0 Å². The first-order valence-electron chi connectivity index (χ1n) is 11.5. The Kier molecular flexibility index (Phi) is 8.75. The number of aromatic hydroxyl groups is 1. The maximum Gasteiger partial charge on any atom is 0.228 e. The van der Waals surface area contributed by atoms with E-state index in [-0.39, 0.29) is 45.7 Å². The largest absolute Gasteiger partial charge is 0.504 e. The van der Waals surface area contributed by atoms with Crippen molar-refractivity contribution in [2.75, 3.05) is 5.32 Å². The minimum Gasteiger partial charge on any atom is -0.504 e. The average Bonchev–Trinajstić information content (AvgIpc) is 2.75. The molecule has 0 saturated heterocycles. The van der Waals surface area contributed by atoms with Crippen LogP contribution in [-0.4, -0.2) is 17.1 Å². The number of carbonyl (C=O) groups is 1. The molecule has 2 aromatic carbocycles. The van der Waals surface area contributed by atoms with Gasteiger partial charge in [0.15, 0.2) is 5.75 Å². The van der Waals surface area contributed by atoms with Crippen molar-refractivity contribution >= 4 is 34.8 Å². The zero-order valence-corrected chi connectivity index (χ0v) is 22.5. The van der Waals surface area contributed by atoms with E-state index in [2.05, 4.69) is 59.0 Å². The molecule has 0 aliphatic rings. The van der Waals surface area contributed by atoms with Crippen LogP contribution in [0.4, 0.5) is 5.69 Å². The molecule has 6 heteroatoms. The van der Waals surface area contributed by atoms with Gasteiger partial charge in [0.1, 0.15) is 11.9 Å². The van der Waals surface area contributed by atoms with Crippen LogP contribution in [0.3, 0.4) is 0 Å². The van der Waals surface area contributed by atoms with Gasteiger partial charge in [-0.05, 0) is 60.8 Å². The highest BCUT2D eigenvalue weighted by molar-refractivity contribution is 6.37. The quantitative estimate of drug-likeness (QED) is 0.346. The number of phenols is 1. The van der Waals surface area contributed by atoms with Crippen LogP contribution in [0.2, 0.25) is 10.0 Å². The number of rotatable bonds is 9. The van der Waals surface area contributed by atoms with Gasteiger partial charge in [-0.25, -0.2) is 0 Å². The Hall–Kier alpha value is -1.91. The van der Waals surface area contributed by atoms with Gasteiger partial charge < -0.3 is 15.2 Å². The lowest BCUT2D eigenvalue weighted by atomic mass is 9.76. The number of carbonyl (C=O) groups excluding carboxylic acids is 1. The molecule has 0 radical (unpaired) electrons. The topological polar surface area (TPSA) is 58.6 Å². The predicted octanol–water partition coefficient (Wildman–Crippen LogP) is 8.18. The van der Waals surface area contributed by atoms with E-state index in [9.17, 15) is 9.90 Å². The van der Waals surface area contributed by atoms with Crippen LogP contribution in [-0.2, 0) is 15.6 Å². The molecule has 0 aliphatic carbocycles. The Bertz CT molecular complexity index is 1010. The first kappa shape index (κ1) is 27.3. The Morgan fingerprint density at radius 3 is 2.27 bits per heavy atom. The molecule has 1 unspecified atom stereocenters. The van der Waals surface area contributed by atoms with Gasteiger partial charge in [-0.3, -0.25) is 4.79 Å². The van der Waals surface area contributed by atoms with Crippen LogP contribution < -0.4 is 10.1 Å². The second-order valence-electron chi connectivity index (χ2n) is 10.1. The number of nitrogens with one attached hydrogen (secondary N) is 1. The van der Waals surface area contributed by atoms with Crippen LogP contribution in [0, 0.1) is 6.92 Å². The number of ether oxygens (including phenoxy) is 1. The number of phenolic OH excluding ortho intramolecular Hbond substituents is 1. The monoisotopic (exact) mass is 493 g/mol. The molecule has 0 saturated carbocycles. The van der Waals surface area contributed by atoms with Crippen molar-refractivity contribution in [1.82, 2.24) is 0 Å². The Labute approximate surface area is 208 Å². The maximum absolute atomic E-state index is 12.6. The Balaban J connectivity index is 2.23. The number of halogens is 2. The third-order valence-corrected chi connectivity index (χ3v) is 7.61. The highest BCUT2D eigenvalue weighted by atomic mass is 35.5. The zero-order chi connectivity index (χ0) is 25.1. The number of benzene rings is 2. The van der Waals surface area contributed by atoms with Crippen molar-refractivity contribution in [3.63, 3.8) is 0 Å². The fourth-order valence-electron chi connectivity index (χ4n) is 3.50. The van der Waals surface area contributed by atoms with E-state index >= 15 is 0 Å². The van der Waals surface area contributed by atoms with E-state index in [1.807, 2.05) is 13.0 Å². The molecule has 2 rings (SSSR count). The molecule has 1 amide bonds. The van der Waals surface area contributed by atoms with Crippen molar-refractivity contribution in [3.05, 3.63) is 51.0 Å². The summed E-state index contributed by atoms with van der Waals surface area (Å²) in [7, 11) is 0. The van der Waals surface area contributed by atoms with E-state index in [0.717, 1.165) is 24.2 Å². The second kappa shape index (κ2) is 10.6. The average molecular weight is 495 g/mol. The third-order valence-electron chi connectivity index (χ3n) is 6.75. The minimum atomic E-state index is -0.375. The van der Waals surface area contributed by atoms with E-state index < -0.39 is 0 Å². The fraction of sp³-hybridized carbons (Fsp3) is 0.519. The molecular formula is C27H37Cl2NO3. The summed E-state index contributed by atoms with van der Waals surface area (Å²) in [5.41, 5.74) is 3.17. The van der Waals surface area contributed by atoms with E-state index in [1.165, 1.54) is 11.6 Å². The molecule has 0 heterocycles. The summed E-state index contributed by atoms with van der Waals surface area (Å²) in [5, 5.41) is 13.4. The molecule has 0 spiro atoms. The molecule has 4 nitrogen and oxygen atoms in total. The third kappa shape index (κ3) is 6.36. The number of hydrogen-bond donors (Lipinski definition) is 2. The van der Waals surface area contributed by atoms with Gasteiger partial charge in [-0.1, -0.05) is 76.9 Å². The van der Waals surface area contributed by atoms with Gasteiger partial charge in [0.25, 0.3) is 0 Å². The van der Waals surface area contributed by atoms with Crippen LogP contribution in [0.15, 0.2) is 24.3 Å². The molecule has 2 N–H and O–H groups in total. The molecule has 0 fully saturated rings. The molecule has 2 aromatic rings. The highest BCUT2D eigenvalue weighted by Crippen LogP contribution is 2.40. The number of anilines is 1. The van der Waals surface area contributed by atoms with Crippen molar-refractivity contribution in [1.29, 1.82) is 0 Å². The molecule has 0 aromatic heterocycles. The summed E-state index contributed by atoms with van der Waals surface area (Å²) in [6, 6.07) is 7.90. The molecule has 182 valence electrons. The lowest BCUT2D eigenvalue weighted by molar-refractivity contribution is -0.117. The Morgan fingerprint density at radius 2 is 1.70 bits per heavy atom. The normalized spacial score (nSPS) is 13.0. The van der Waals surface area contributed by atoms with Crippen LogP contribution in [0.1, 0.15) is 84.4 Å². The molecular weight excluding hydrogens is 457 g/mol. The predicted molar refractivity (Wildman–Crippen MR) is 139 cm³/mol. The summed E-state index contributed by atoms with van der Waals surface area (Å²) in [6.07, 6.45) is 1.73. The van der Waals surface area contributed by atoms with Crippen LogP contribution >= 0.6 is 23.2 Å². The first-order valence-corrected chi connectivity index (χ1v) is 12.3. The first-order chi connectivity index (χ1) is 15.2. The van der Waals surface area contributed by atoms with Gasteiger partial charge in [0.2, 0.25) is 5.91 Å². The summed E-state index contributed by atoms with van der Waals surface area (Å²) in [5.74, 6) is 0.303. The fourth-order valence-corrected chi connectivity index (χ4v) is 3.95. The van der Waals surface area contributed by atoms with Crippen molar-refractivity contribution in [2.45, 2.75) is 91.6 Å². The SMILES string of the molecule is CCC(C)(C)c1ccc(OC(C)CC(=O)Nc2cc(Cl)c(C)c(Cl)c2O)c(C(C)(C)CC)c1. The van der Waals surface area contributed by atoms with E-state index in [0.29, 0.717) is 10.6 Å². The maximum atomic E-state index is 12.6. The molecule has 1 atom stereocenters. The standard InChI is InChI=1S/C27H37Cl2NO3/c1-9-26(5,6)18-11-12-22(19(14-18)27(7,8)10-2)33-16(3)13-23(31)30-21-15-20(28)17(4)24(29)25(21)32/h11-12,14-16,32H,9-10,13H2,1-8H3,(H,30,31). The molecule has 0 bridgehead atoms. The highest BCUT2D eigenvalue weighted by Gasteiger charge is 2.27. The zero-order valence-electron chi connectivity index (χ0n) is 21.0. The van der Waals surface area contributed by atoms with Crippen molar-refractivity contribution < 1.29 is 14.6 Å². The van der Waals surface area contributed by atoms with Crippen LogP contribution in [0.5, 0.6) is 11.5 Å². The summed E-state index contributed by atoms with van der Waals surface area (Å²) < 4.78 is 6.26. The van der Waals surface area contributed by atoms with Gasteiger partial charge in [-0.2, -0.15) is 0 Å². The van der Waals surface area contributed by atoms with Gasteiger partial charge in [0, 0.05) is 10.6 Å². The van der Waals surface area contributed by atoms with Gasteiger partial charge in [-0.15, -0.1) is 0 Å². The van der Waals surface area contributed by atoms with E-state index in [1.54, 1.807) is 6.92 Å². The van der Waals surface area contributed by atoms with Gasteiger partial charge >= 0.3 is 0 Å². The second-order valence-corrected chi connectivity index (χ2v) is 10.8. The summed E-state index contributed by atoms with van der Waals surface area (Å²) in [4.78, 5) is 12.6. The lowest BCUT2D eigenvalue weighted by Gasteiger charge is -2.31.